The fourth-order valence-electron chi connectivity index (χ4n) is 2.31. The molecule has 0 aliphatic rings. The fourth-order valence-corrected chi connectivity index (χ4v) is 2.60. The first kappa shape index (κ1) is 21.1. The van der Waals surface area contributed by atoms with Gasteiger partial charge in [0, 0.05) is 12.1 Å². The zero-order chi connectivity index (χ0) is 20.1. The number of urea groups is 1. The Bertz CT molecular complexity index is 849. The lowest BCUT2D eigenvalue weighted by Gasteiger charge is -2.12. The molecule has 7 nitrogen and oxygen atoms in total. The van der Waals surface area contributed by atoms with Crippen molar-refractivity contribution in [2.45, 2.75) is 40.2 Å². The number of anilines is 1. The SMILES string of the molecule is Cc1nn(-c2ccc(Cl)c(Cl)c2)c(NC(=O)NCCC(=O)OC(C)C)c1C. The summed E-state index contributed by atoms with van der Waals surface area (Å²) in [6.07, 6.45) is -0.0899. The van der Waals surface area contributed by atoms with Crippen molar-refractivity contribution in [2.24, 2.45) is 0 Å². The van der Waals surface area contributed by atoms with Gasteiger partial charge in [-0.2, -0.15) is 5.10 Å². The van der Waals surface area contributed by atoms with Crippen molar-refractivity contribution in [3.05, 3.63) is 39.5 Å². The number of ether oxygens (including phenoxy) is 1. The van der Waals surface area contributed by atoms with Gasteiger partial charge in [0.15, 0.2) is 0 Å². The van der Waals surface area contributed by atoms with Gasteiger partial charge in [-0.15, -0.1) is 0 Å². The van der Waals surface area contributed by atoms with Gasteiger partial charge in [-0.3, -0.25) is 10.1 Å². The first-order valence-corrected chi connectivity index (χ1v) is 9.20. The van der Waals surface area contributed by atoms with Crippen LogP contribution in [-0.4, -0.2) is 34.4 Å². The van der Waals surface area contributed by atoms with E-state index in [1.54, 1.807) is 36.7 Å². The quantitative estimate of drug-likeness (QED) is 0.693. The van der Waals surface area contributed by atoms with E-state index in [2.05, 4.69) is 15.7 Å². The summed E-state index contributed by atoms with van der Waals surface area (Å²) in [5.74, 6) is 0.145. The van der Waals surface area contributed by atoms with E-state index in [0.29, 0.717) is 21.6 Å². The van der Waals surface area contributed by atoms with E-state index in [-0.39, 0.29) is 25.0 Å². The summed E-state index contributed by atoms with van der Waals surface area (Å²) in [4.78, 5) is 23.7. The summed E-state index contributed by atoms with van der Waals surface area (Å²) < 4.78 is 6.61. The van der Waals surface area contributed by atoms with Crippen molar-refractivity contribution in [3.8, 4) is 5.69 Å². The van der Waals surface area contributed by atoms with Crippen LogP contribution in [0.5, 0.6) is 0 Å². The molecule has 2 N–H and O–H groups in total. The molecule has 1 aromatic heterocycles. The first-order valence-electron chi connectivity index (χ1n) is 8.45. The van der Waals surface area contributed by atoms with Crippen molar-refractivity contribution in [3.63, 3.8) is 0 Å². The Morgan fingerprint density at radius 1 is 1.22 bits per heavy atom. The maximum absolute atomic E-state index is 12.2. The van der Waals surface area contributed by atoms with E-state index in [4.69, 9.17) is 27.9 Å². The molecule has 1 heterocycles. The molecular weight excluding hydrogens is 391 g/mol. The average Bonchev–Trinajstić information content (AvgIpc) is 2.85. The summed E-state index contributed by atoms with van der Waals surface area (Å²) in [6.45, 7) is 7.40. The molecule has 0 atom stereocenters. The largest absolute Gasteiger partial charge is 0.463 e. The summed E-state index contributed by atoms with van der Waals surface area (Å²) in [6, 6.07) is 4.64. The molecule has 0 spiro atoms. The highest BCUT2D eigenvalue weighted by atomic mass is 35.5. The van der Waals surface area contributed by atoms with Crippen LogP contribution in [0.3, 0.4) is 0 Å². The molecule has 0 aliphatic carbocycles. The number of halogens is 2. The van der Waals surface area contributed by atoms with E-state index < -0.39 is 6.03 Å². The maximum atomic E-state index is 12.2. The Morgan fingerprint density at radius 2 is 1.93 bits per heavy atom. The topological polar surface area (TPSA) is 85.3 Å². The fraction of sp³-hybridized carbons (Fsp3) is 0.389. The standard InChI is InChI=1S/C18H22Cl2N4O3/c1-10(2)27-16(25)7-8-21-18(26)22-17-11(3)12(4)23-24(17)13-5-6-14(19)15(20)9-13/h5-6,9-10H,7-8H2,1-4H3,(H2,21,22,26). The van der Waals surface area contributed by atoms with Gasteiger partial charge in [0.1, 0.15) is 5.82 Å². The molecule has 1 aromatic carbocycles. The number of esters is 1. The zero-order valence-corrected chi connectivity index (χ0v) is 17.1. The molecule has 0 radical (unpaired) electrons. The van der Waals surface area contributed by atoms with Gasteiger partial charge in [0.05, 0.1) is 34.0 Å². The Kier molecular flexibility index (Phi) is 7.10. The summed E-state index contributed by atoms with van der Waals surface area (Å²) in [5, 5.41) is 10.7. The van der Waals surface area contributed by atoms with Gasteiger partial charge in [0.2, 0.25) is 0 Å². The van der Waals surface area contributed by atoms with Crippen LogP contribution in [-0.2, 0) is 9.53 Å². The van der Waals surface area contributed by atoms with Crippen molar-refractivity contribution in [1.29, 1.82) is 0 Å². The molecule has 146 valence electrons. The van der Waals surface area contributed by atoms with Crippen molar-refractivity contribution in [1.82, 2.24) is 15.1 Å². The molecule has 0 aliphatic heterocycles. The monoisotopic (exact) mass is 412 g/mol. The number of aromatic nitrogens is 2. The lowest BCUT2D eigenvalue weighted by Crippen LogP contribution is -2.32. The number of carbonyl (C=O) groups is 2. The summed E-state index contributed by atoms with van der Waals surface area (Å²) >= 11 is 12.0. The molecule has 2 rings (SSSR count). The third kappa shape index (κ3) is 5.61. The molecular formula is C18H22Cl2N4O3. The van der Waals surface area contributed by atoms with E-state index >= 15 is 0 Å². The van der Waals surface area contributed by atoms with Crippen LogP contribution in [0.15, 0.2) is 18.2 Å². The normalized spacial score (nSPS) is 10.8. The predicted molar refractivity (Wildman–Crippen MR) is 106 cm³/mol. The van der Waals surface area contributed by atoms with Gasteiger partial charge in [-0.1, -0.05) is 23.2 Å². The third-order valence-electron chi connectivity index (χ3n) is 3.72. The van der Waals surface area contributed by atoms with Crippen LogP contribution in [0.1, 0.15) is 31.5 Å². The first-order chi connectivity index (χ1) is 12.7. The van der Waals surface area contributed by atoms with Crippen molar-refractivity contribution < 1.29 is 14.3 Å². The molecule has 0 saturated heterocycles. The molecule has 27 heavy (non-hydrogen) atoms. The van der Waals surface area contributed by atoms with Crippen LogP contribution in [0.4, 0.5) is 10.6 Å². The molecule has 0 bridgehead atoms. The minimum Gasteiger partial charge on any atom is -0.463 e. The number of amides is 2. The molecule has 9 heteroatoms. The average molecular weight is 413 g/mol. The number of nitrogens with zero attached hydrogens (tertiary/aromatic N) is 2. The lowest BCUT2D eigenvalue weighted by molar-refractivity contribution is -0.147. The number of hydrogen-bond donors (Lipinski definition) is 2. The van der Waals surface area contributed by atoms with Crippen LogP contribution < -0.4 is 10.6 Å². The van der Waals surface area contributed by atoms with Crippen molar-refractivity contribution in [2.75, 3.05) is 11.9 Å². The summed E-state index contributed by atoms with van der Waals surface area (Å²) in [7, 11) is 0. The zero-order valence-electron chi connectivity index (χ0n) is 15.6. The third-order valence-corrected chi connectivity index (χ3v) is 4.46. The van der Waals surface area contributed by atoms with Crippen LogP contribution in [0, 0.1) is 13.8 Å². The Hall–Kier alpha value is -2.25. The van der Waals surface area contributed by atoms with Gasteiger partial charge in [0.25, 0.3) is 0 Å². The van der Waals surface area contributed by atoms with E-state index in [1.165, 1.54) is 0 Å². The van der Waals surface area contributed by atoms with Crippen molar-refractivity contribution >= 4 is 41.0 Å². The minimum atomic E-state index is -0.448. The smallest absolute Gasteiger partial charge is 0.320 e. The molecule has 0 unspecified atom stereocenters. The lowest BCUT2D eigenvalue weighted by atomic mass is 10.2. The van der Waals surface area contributed by atoms with Gasteiger partial charge in [-0.05, 0) is 45.9 Å². The van der Waals surface area contributed by atoms with Crippen LogP contribution in [0.2, 0.25) is 10.0 Å². The number of nitrogens with one attached hydrogen (secondary N) is 2. The van der Waals surface area contributed by atoms with Crippen LogP contribution >= 0.6 is 23.2 Å². The number of carbonyl (C=O) groups excluding carboxylic acids is 2. The summed E-state index contributed by atoms with van der Waals surface area (Å²) in [5.41, 5.74) is 2.24. The van der Waals surface area contributed by atoms with Gasteiger partial charge < -0.3 is 10.1 Å². The molecule has 2 amide bonds. The number of benzene rings is 1. The van der Waals surface area contributed by atoms with Gasteiger partial charge in [-0.25, -0.2) is 9.48 Å². The Labute approximate surface area is 168 Å². The maximum Gasteiger partial charge on any atom is 0.320 e. The van der Waals surface area contributed by atoms with E-state index in [9.17, 15) is 9.59 Å². The highest BCUT2D eigenvalue weighted by Gasteiger charge is 2.16. The van der Waals surface area contributed by atoms with Gasteiger partial charge >= 0.3 is 12.0 Å². The van der Waals surface area contributed by atoms with Crippen LogP contribution in [0.25, 0.3) is 5.69 Å². The van der Waals surface area contributed by atoms with E-state index in [1.807, 2.05) is 13.8 Å². The Morgan fingerprint density at radius 3 is 2.56 bits per heavy atom. The Balaban J connectivity index is 2.08. The van der Waals surface area contributed by atoms with E-state index in [0.717, 1.165) is 11.3 Å². The molecule has 2 aromatic rings. The molecule has 0 saturated carbocycles. The second-order valence-corrected chi connectivity index (χ2v) is 7.05. The second kappa shape index (κ2) is 9.10. The number of hydrogen-bond acceptors (Lipinski definition) is 4. The molecule has 0 fully saturated rings. The number of rotatable bonds is 6. The number of aryl methyl sites for hydroxylation is 1. The second-order valence-electron chi connectivity index (χ2n) is 6.24. The minimum absolute atomic E-state index is 0.0929. The highest BCUT2D eigenvalue weighted by molar-refractivity contribution is 6.42. The predicted octanol–water partition coefficient (Wildman–Crippen LogP) is 4.26. The highest BCUT2D eigenvalue weighted by Crippen LogP contribution is 2.28.